The Morgan fingerprint density at radius 2 is 1.94 bits per heavy atom. The Bertz CT molecular complexity index is 484. The van der Waals surface area contributed by atoms with Gasteiger partial charge in [0.2, 0.25) is 0 Å². The molecule has 0 aliphatic carbocycles. The van der Waals surface area contributed by atoms with Gasteiger partial charge in [0.05, 0.1) is 18.0 Å². The van der Waals surface area contributed by atoms with E-state index in [-0.39, 0.29) is 0 Å². The molecule has 0 spiro atoms. The number of nitrogens with one attached hydrogen (secondary N) is 1. The van der Waals surface area contributed by atoms with E-state index in [1.54, 1.807) is 0 Å². The molecule has 0 amide bonds. The fraction of sp³-hybridized carbons (Fsp3) is 0.308. The lowest BCUT2D eigenvalue weighted by Gasteiger charge is -2.17. The molecule has 2 unspecified atom stereocenters. The number of hydrogen-bond acceptors (Lipinski definition) is 4. The summed E-state index contributed by atoms with van der Waals surface area (Å²) in [5.74, 6) is 0. The number of aromatic nitrogens is 2. The SMILES string of the molecule is NCCC(O)C(O)c1cn[nH]c1-c1ccccc1. The van der Waals surface area contributed by atoms with Gasteiger partial charge < -0.3 is 15.9 Å². The Morgan fingerprint density at radius 3 is 2.61 bits per heavy atom. The second-order valence-electron chi connectivity index (χ2n) is 4.16. The van der Waals surface area contributed by atoms with E-state index in [1.807, 2.05) is 30.3 Å². The van der Waals surface area contributed by atoms with Crippen molar-refractivity contribution in [3.05, 3.63) is 42.1 Å². The van der Waals surface area contributed by atoms with E-state index in [0.717, 1.165) is 11.3 Å². The van der Waals surface area contributed by atoms with Crippen molar-refractivity contribution in [3.63, 3.8) is 0 Å². The van der Waals surface area contributed by atoms with Crippen LogP contribution >= 0.6 is 0 Å². The summed E-state index contributed by atoms with van der Waals surface area (Å²) in [6.07, 6.45) is 0.0189. The van der Waals surface area contributed by atoms with Crippen LogP contribution in [0.25, 0.3) is 11.3 Å². The lowest BCUT2D eigenvalue weighted by atomic mass is 9.99. The molecule has 2 atom stereocenters. The summed E-state index contributed by atoms with van der Waals surface area (Å²) in [5, 5.41) is 26.7. The Balaban J connectivity index is 2.28. The van der Waals surface area contributed by atoms with Gasteiger partial charge in [-0.1, -0.05) is 30.3 Å². The highest BCUT2D eigenvalue weighted by atomic mass is 16.3. The Hall–Kier alpha value is -1.69. The molecule has 1 heterocycles. The molecule has 0 aliphatic rings. The maximum absolute atomic E-state index is 10.1. The summed E-state index contributed by atoms with van der Waals surface area (Å²) < 4.78 is 0. The van der Waals surface area contributed by atoms with Gasteiger partial charge in [-0.3, -0.25) is 5.10 Å². The van der Waals surface area contributed by atoms with Crippen molar-refractivity contribution >= 4 is 0 Å². The number of aliphatic hydroxyl groups is 2. The monoisotopic (exact) mass is 247 g/mol. The van der Waals surface area contributed by atoms with Crippen LogP contribution in [0.4, 0.5) is 0 Å². The first-order valence-corrected chi connectivity index (χ1v) is 5.89. The van der Waals surface area contributed by atoms with E-state index in [0.29, 0.717) is 18.5 Å². The van der Waals surface area contributed by atoms with Gasteiger partial charge in [-0.2, -0.15) is 5.10 Å². The van der Waals surface area contributed by atoms with E-state index < -0.39 is 12.2 Å². The Morgan fingerprint density at radius 1 is 1.22 bits per heavy atom. The molecule has 18 heavy (non-hydrogen) atoms. The molecule has 0 bridgehead atoms. The van der Waals surface area contributed by atoms with Crippen LogP contribution in [0.15, 0.2) is 36.5 Å². The first-order valence-electron chi connectivity index (χ1n) is 5.89. The van der Waals surface area contributed by atoms with Crippen molar-refractivity contribution in [2.75, 3.05) is 6.54 Å². The fourth-order valence-electron chi connectivity index (χ4n) is 1.89. The largest absolute Gasteiger partial charge is 0.390 e. The van der Waals surface area contributed by atoms with Gasteiger partial charge in [0.15, 0.2) is 0 Å². The number of aromatic amines is 1. The van der Waals surface area contributed by atoms with Crippen molar-refractivity contribution in [2.45, 2.75) is 18.6 Å². The van der Waals surface area contributed by atoms with E-state index >= 15 is 0 Å². The molecule has 0 saturated heterocycles. The quantitative estimate of drug-likeness (QED) is 0.629. The number of hydrogen-bond donors (Lipinski definition) is 4. The van der Waals surface area contributed by atoms with Crippen LogP contribution in [0.3, 0.4) is 0 Å². The molecule has 0 saturated carbocycles. The molecule has 96 valence electrons. The minimum absolute atomic E-state index is 0.330. The topological polar surface area (TPSA) is 95.2 Å². The van der Waals surface area contributed by atoms with Crippen LogP contribution in [0, 0.1) is 0 Å². The van der Waals surface area contributed by atoms with Crippen molar-refractivity contribution in [1.82, 2.24) is 10.2 Å². The van der Waals surface area contributed by atoms with Gasteiger partial charge in [0.25, 0.3) is 0 Å². The maximum atomic E-state index is 10.1. The number of nitrogens with two attached hydrogens (primary N) is 1. The maximum Gasteiger partial charge on any atom is 0.109 e. The van der Waals surface area contributed by atoms with Crippen LogP contribution < -0.4 is 5.73 Å². The summed E-state index contributed by atoms with van der Waals surface area (Å²) in [6, 6.07) is 9.56. The number of rotatable bonds is 5. The van der Waals surface area contributed by atoms with Crippen LogP contribution in [0.2, 0.25) is 0 Å². The molecule has 0 radical (unpaired) electrons. The number of nitrogens with zero attached hydrogens (tertiary/aromatic N) is 1. The lowest BCUT2D eigenvalue weighted by Crippen LogP contribution is -2.21. The summed E-state index contributed by atoms with van der Waals surface area (Å²) in [4.78, 5) is 0. The normalized spacial score (nSPS) is 14.4. The molecule has 5 nitrogen and oxygen atoms in total. The molecular formula is C13H17N3O2. The third kappa shape index (κ3) is 2.59. The smallest absolute Gasteiger partial charge is 0.109 e. The number of benzene rings is 1. The van der Waals surface area contributed by atoms with Gasteiger partial charge in [0, 0.05) is 5.56 Å². The molecule has 2 aromatic rings. The lowest BCUT2D eigenvalue weighted by molar-refractivity contribution is 0.0153. The standard InChI is InChI=1S/C13H17N3O2/c14-7-6-11(17)13(18)10-8-15-16-12(10)9-4-2-1-3-5-9/h1-5,8,11,13,17-18H,6-7,14H2,(H,15,16). The van der Waals surface area contributed by atoms with Crippen LogP contribution in [0.5, 0.6) is 0 Å². The minimum Gasteiger partial charge on any atom is -0.390 e. The number of aliphatic hydroxyl groups excluding tert-OH is 2. The molecular weight excluding hydrogens is 230 g/mol. The van der Waals surface area contributed by atoms with E-state index in [1.165, 1.54) is 6.20 Å². The van der Waals surface area contributed by atoms with Crippen LogP contribution in [0.1, 0.15) is 18.1 Å². The van der Waals surface area contributed by atoms with Crippen LogP contribution in [-0.2, 0) is 0 Å². The molecule has 5 N–H and O–H groups in total. The highest BCUT2D eigenvalue weighted by molar-refractivity contribution is 5.62. The molecule has 0 aliphatic heterocycles. The predicted molar refractivity (Wildman–Crippen MR) is 68.7 cm³/mol. The zero-order valence-corrected chi connectivity index (χ0v) is 9.95. The average Bonchev–Trinajstić information content (AvgIpc) is 2.88. The van der Waals surface area contributed by atoms with Crippen molar-refractivity contribution < 1.29 is 10.2 Å². The third-order valence-corrected chi connectivity index (χ3v) is 2.88. The molecule has 5 heteroatoms. The third-order valence-electron chi connectivity index (χ3n) is 2.88. The van der Waals surface area contributed by atoms with Gasteiger partial charge >= 0.3 is 0 Å². The van der Waals surface area contributed by atoms with Crippen LogP contribution in [-0.4, -0.2) is 33.1 Å². The highest BCUT2D eigenvalue weighted by Gasteiger charge is 2.22. The fourth-order valence-corrected chi connectivity index (χ4v) is 1.89. The average molecular weight is 247 g/mol. The summed E-state index contributed by atoms with van der Waals surface area (Å²) in [5.41, 5.74) is 7.60. The van der Waals surface area contributed by atoms with Gasteiger partial charge in [-0.25, -0.2) is 0 Å². The Kier molecular flexibility index (Phi) is 4.09. The molecule has 1 aromatic carbocycles. The zero-order valence-electron chi connectivity index (χ0n) is 9.95. The summed E-state index contributed by atoms with van der Waals surface area (Å²) in [6.45, 7) is 0.330. The molecule has 2 rings (SSSR count). The van der Waals surface area contributed by atoms with Gasteiger partial charge in [-0.15, -0.1) is 0 Å². The first kappa shape index (κ1) is 12.8. The van der Waals surface area contributed by atoms with E-state index in [9.17, 15) is 10.2 Å². The van der Waals surface area contributed by atoms with Crippen molar-refractivity contribution in [3.8, 4) is 11.3 Å². The predicted octanol–water partition coefficient (Wildman–Crippen LogP) is 0.820. The summed E-state index contributed by atoms with van der Waals surface area (Å²) >= 11 is 0. The van der Waals surface area contributed by atoms with E-state index in [4.69, 9.17) is 5.73 Å². The minimum atomic E-state index is -0.984. The summed E-state index contributed by atoms with van der Waals surface area (Å²) in [7, 11) is 0. The second kappa shape index (κ2) is 5.77. The number of H-pyrrole nitrogens is 1. The second-order valence-corrected chi connectivity index (χ2v) is 4.16. The van der Waals surface area contributed by atoms with Gasteiger partial charge in [0.1, 0.15) is 6.10 Å². The highest BCUT2D eigenvalue weighted by Crippen LogP contribution is 2.28. The van der Waals surface area contributed by atoms with Crippen molar-refractivity contribution in [1.29, 1.82) is 0 Å². The van der Waals surface area contributed by atoms with E-state index in [2.05, 4.69) is 10.2 Å². The van der Waals surface area contributed by atoms with Crippen molar-refractivity contribution in [2.24, 2.45) is 5.73 Å². The Labute approximate surface area is 105 Å². The van der Waals surface area contributed by atoms with Gasteiger partial charge in [-0.05, 0) is 18.5 Å². The molecule has 1 aromatic heterocycles. The molecule has 0 fully saturated rings. The first-order chi connectivity index (χ1) is 8.74. The zero-order chi connectivity index (χ0) is 13.0.